The highest BCUT2D eigenvalue weighted by Crippen LogP contribution is 2.40. The molecule has 3 rings (SSSR count). The zero-order valence-corrected chi connectivity index (χ0v) is 24.8. The molecular formula is C29H47NO9. The SMILES string of the molecule is CC[C@H]1OC(=O)[C@H](C)C(=O)[C@H](C)[C@@H](O[C@@H]2O[C@H](C)C[C@H](C)[C@H]2O)C(C)(C)C[C@@H](C)C(=O)[C@H](C)[C@H]2NC(=O)O[C@@H]21. The summed E-state index contributed by atoms with van der Waals surface area (Å²) in [7, 11) is 0. The number of carbonyl (C=O) groups excluding carboxylic acids is 4. The van der Waals surface area contributed by atoms with Gasteiger partial charge in [0, 0.05) is 17.8 Å². The van der Waals surface area contributed by atoms with Gasteiger partial charge in [0.1, 0.15) is 23.9 Å². The molecule has 0 spiro atoms. The van der Waals surface area contributed by atoms with Crippen molar-refractivity contribution >= 4 is 23.6 Å². The van der Waals surface area contributed by atoms with Crippen LogP contribution in [0, 0.1) is 35.0 Å². The van der Waals surface area contributed by atoms with Crippen molar-refractivity contribution in [3.63, 3.8) is 0 Å². The molecule has 3 fully saturated rings. The van der Waals surface area contributed by atoms with Crippen LogP contribution in [0.3, 0.4) is 0 Å². The molecule has 0 aromatic rings. The van der Waals surface area contributed by atoms with E-state index in [1.807, 2.05) is 34.6 Å². The van der Waals surface area contributed by atoms with Gasteiger partial charge in [-0.3, -0.25) is 14.4 Å². The van der Waals surface area contributed by atoms with Crippen molar-refractivity contribution in [3.05, 3.63) is 0 Å². The summed E-state index contributed by atoms with van der Waals surface area (Å²) in [5.41, 5.74) is -0.731. The predicted octanol–water partition coefficient (Wildman–Crippen LogP) is 3.41. The topological polar surface area (TPSA) is 137 Å². The van der Waals surface area contributed by atoms with Gasteiger partial charge in [0.15, 0.2) is 18.2 Å². The van der Waals surface area contributed by atoms with Gasteiger partial charge >= 0.3 is 12.1 Å². The Morgan fingerprint density at radius 2 is 1.62 bits per heavy atom. The van der Waals surface area contributed by atoms with E-state index in [0.29, 0.717) is 19.3 Å². The zero-order chi connectivity index (χ0) is 29.4. The summed E-state index contributed by atoms with van der Waals surface area (Å²) in [6.45, 7) is 16.3. The average molecular weight is 554 g/mol. The molecule has 10 nitrogen and oxygen atoms in total. The highest BCUT2D eigenvalue weighted by Gasteiger charge is 2.50. The Kier molecular flexibility index (Phi) is 9.87. The number of hydrogen-bond donors (Lipinski definition) is 2. The molecule has 3 aliphatic rings. The number of carbonyl (C=O) groups is 4. The summed E-state index contributed by atoms with van der Waals surface area (Å²) in [5.74, 6) is -4.17. The second kappa shape index (κ2) is 12.2. The second-order valence-corrected chi connectivity index (χ2v) is 12.7. The Hall–Kier alpha value is -2.04. The molecule has 10 heteroatoms. The van der Waals surface area contributed by atoms with E-state index in [4.69, 9.17) is 18.9 Å². The first kappa shape index (κ1) is 31.5. The Morgan fingerprint density at radius 1 is 0.974 bits per heavy atom. The molecule has 3 saturated heterocycles. The van der Waals surface area contributed by atoms with Crippen LogP contribution >= 0.6 is 0 Å². The van der Waals surface area contributed by atoms with Gasteiger partial charge in [0.25, 0.3) is 0 Å². The maximum Gasteiger partial charge on any atom is 0.407 e. The number of esters is 1. The minimum atomic E-state index is -1.10. The van der Waals surface area contributed by atoms with E-state index in [0.717, 1.165) is 0 Å². The van der Waals surface area contributed by atoms with Crippen molar-refractivity contribution in [1.82, 2.24) is 5.32 Å². The Balaban J connectivity index is 2.01. The minimum absolute atomic E-state index is 0.0654. The van der Waals surface area contributed by atoms with E-state index in [2.05, 4.69) is 5.32 Å². The summed E-state index contributed by atoms with van der Waals surface area (Å²) < 4.78 is 23.6. The summed E-state index contributed by atoms with van der Waals surface area (Å²) in [6.07, 6.45) is -3.71. The van der Waals surface area contributed by atoms with Crippen molar-refractivity contribution in [2.45, 2.75) is 124 Å². The average Bonchev–Trinajstić information content (AvgIpc) is 3.26. The van der Waals surface area contributed by atoms with Gasteiger partial charge in [-0.25, -0.2) is 4.79 Å². The number of nitrogens with one attached hydrogen (secondary N) is 1. The van der Waals surface area contributed by atoms with Crippen LogP contribution in [-0.4, -0.2) is 71.6 Å². The van der Waals surface area contributed by atoms with Gasteiger partial charge in [-0.05, 0) is 44.4 Å². The quantitative estimate of drug-likeness (QED) is 0.398. The standard InChI is InChI=1S/C29H47NO9/c1-10-19-24-20(30-28(35)38-24)16(5)21(31)14(3)12-29(8,9)25(17(6)23(33)18(7)26(34)37-19)39-27-22(32)13(2)11-15(4)36-27/h13-20,22,24-25,27,32H,10-12H2,1-9H3,(H,30,35)/t13-,14+,15+,16+,17-,18+,19+,20+,22+,24+,25+,27-/m0/s1. The van der Waals surface area contributed by atoms with Crippen LogP contribution < -0.4 is 5.32 Å². The predicted molar refractivity (Wildman–Crippen MR) is 141 cm³/mol. The van der Waals surface area contributed by atoms with E-state index in [-0.39, 0.29) is 23.6 Å². The van der Waals surface area contributed by atoms with Gasteiger partial charge in [0.2, 0.25) is 0 Å². The minimum Gasteiger partial charge on any atom is -0.458 e. The molecule has 0 aromatic heterocycles. The van der Waals surface area contributed by atoms with E-state index in [9.17, 15) is 24.3 Å². The van der Waals surface area contributed by atoms with Crippen LogP contribution in [0.15, 0.2) is 0 Å². The Morgan fingerprint density at radius 3 is 2.23 bits per heavy atom. The van der Waals surface area contributed by atoms with Gasteiger partial charge in [-0.2, -0.15) is 0 Å². The molecule has 1 amide bonds. The third kappa shape index (κ3) is 6.65. The number of ether oxygens (including phenoxy) is 4. The number of hydrogen-bond acceptors (Lipinski definition) is 9. The molecule has 222 valence electrons. The van der Waals surface area contributed by atoms with Crippen molar-refractivity contribution in [2.75, 3.05) is 0 Å². The lowest BCUT2D eigenvalue weighted by molar-refractivity contribution is -0.284. The molecule has 39 heavy (non-hydrogen) atoms. The van der Waals surface area contributed by atoms with E-state index in [1.165, 1.54) is 6.92 Å². The molecule has 0 bridgehead atoms. The Bertz CT molecular complexity index is 936. The third-order valence-corrected chi connectivity index (χ3v) is 8.89. The molecular weight excluding hydrogens is 506 g/mol. The van der Waals surface area contributed by atoms with Crippen molar-refractivity contribution in [3.8, 4) is 0 Å². The van der Waals surface area contributed by atoms with Gasteiger partial charge in [-0.1, -0.05) is 48.5 Å². The zero-order valence-electron chi connectivity index (χ0n) is 24.8. The summed E-state index contributed by atoms with van der Waals surface area (Å²) in [6, 6.07) is -0.679. The monoisotopic (exact) mass is 553 g/mol. The van der Waals surface area contributed by atoms with Gasteiger partial charge in [0.05, 0.1) is 18.2 Å². The number of Topliss-reactive ketones (excluding diaryl/α,β-unsaturated/α-hetero) is 2. The second-order valence-electron chi connectivity index (χ2n) is 12.7. The lowest BCUT2D eigenvalue weighted by Crippen LogP contribution is -2.53. The van der Waals surface area contributed by atoms with Crippen molar-refractivity contribution in [1.29, 1.82) is 0 Å². The molecule has 0 aromatic carbocycles. The Labute approximate surface area is 231 Å². The molecule has 0 saturated carbocycles. The first-order chi connectivity index (χ1) is 18.1. The lowest BCUT2D eigenvalue weighted by atomic mass is 9.70. The number of fused-ring (bicyclic) bond motifs is 1. The fourth-order valence-electron chi connectivity index (χ4n) is 6.62. The molecule has 12 atom stereocenters. The molecule has 0 aliphatic carbocycles. The van der Waals surface area contributed by atoms with E-state index >= 15 is 0 Å². The largest absolute Gasteiger partial charge is 0.458 e. The number of cyclic esters (lactones) is 1. The number of rotatable bonds is 3. The van der Waals surface area contributed by atoms with E-state index in [1.54, 1.807) is 20.8 Å². The van der Waals surface area contributed by atoms with Crippen LogP contribution in [0.25, 0.3) is 0 Å². The van der Waals surface area contributed by atoms with Crippen LogP contribution in [0.4, 0.5) is 4.79 Å². The normalized spacial score (nSPS) is 44.1. The number of aliphatic hydroxyl groups is 1. The highest BCUT2D eigenvalue weighted by atomic mass is 16.7. The maximum absolute atomic E-state index is 13.7. The fourth-order valence-corrected chi connectivity index (χ4v) is 6.62. The first-order valence-electron chi connectivity index (χ1n) is 14.3. The summed E-state index contributed by atoms with van der Waals surface area (Å²) in [4.78, 5) is 52.8. The van der Waals surface area contributed by atoms with Crippen LogP contribution in [0.2, 0.25) is 0 Å². The third-order valence-electron chi connectivity index (χ3n) is 8.89. The number of aliphatic hydroxyl groups excluding tert-OH is 1. The number of amides is 1. The van der Waals surface area contributed by atoms with Crippen molar-refractivity contribution in [2.24, 2.45) is 35.0 Å². The number of alkyl carbamates (subject to hydrolysis) is 1. The van der Waals surface area contributed by atoms with Crippen LogP contribution in [-0.2, 0) is 33.3 Å². The molecule has 2 N–H and O–H groups in total. The maximum atomic E-state index is 13.7. The lowest BCUT2D eigenvalue weighted by Gasteiger charge is -2.45. The van der Waals surface area contributed by atoms with Gasteiger partial charge in [-0.15, -0.1) is 0 Å². The highest BCUT2D eigenvalue weighted by molar-refractivity contribution is 6.00. The van der Waals surface area contributed by atoms with Crippen LogP contribution in [0.1, 0.15) is 81.6 Å². The van der Waals surface area contributed by atoms with E-state index < -0.39 is 77.9 Å². The van der Waals surface area contributed by atoms with Gasteiger partial charge < -0.3 is 29.4 Å². The van der Waals surface area contributed by atoms with Crippen LogP contribution in [0.5, 0.6) is 0 Å². The smallest absolute Gasteiger partial charge is 0.407 e. The summed E-state index contributed by atoms with van der Waals surface area (Å²) in [5, 5.41) is 13.6. The molecule has 3 heterocycles. The fraction of sp³-hybridized carbons (Fsp3) is 0.862. The summed E-state index contributed by atoms with van der Waals surface area (Å²) >= 11 is 0. The first-order valence-corrected chi connectivity index (χ1v) is 14.3. The number of ketones is 2. The molecule has 0 unspecified atom stereocenters. The molecule has 0 radical (unpaired) electrons. The van der Waals surface area contributed by atoms with Crippen molar-refractivity contribution < 1.29 is 43.2 Å². The molecule has 3 aliphatic heterocycles.